The number of aromatic nitrogens is 1. The largest absolute Gasteiger partial charge is 0.478 e. The third kappa shape index (κ3) is 4.90. The Bertz CT molecular complexity index is 1140. The van der Waals surface area contributed by atoms with Crippen LogP contribution in [-0.2, 0) is 0 Å². The van der Waals surface area contributed by atoms with E-state index in [1.54, 1.807) is 24.3 Å². The van der Waals surface area contributed by atoms with Gasteiger partial charge in [0, 0.05) is 32.8 Å². The Balaban J connectivity index is 1.75. The van der Waals surface area contributed by atoms with Crippen molar-refractivity contribution in [1.82, 2.24) is 9.99 Å². The number of nitrogens with zero attached hydrogens (tertiary/aromatic N) is 2. The van der Waals surface area contributed by atoms with Gasteiger partial charge in [0.2, 0.25) is 0 Å². The summed E-state index contributed by atoms with van der Waals surface area (Å²) in [6, 6.07) is 13.4. The van der Waals surface area contributed by atoms with Crippen LogP contribution >= 0.6 is 27.5 Å². The van der Waals surface area contributed by atoms with E-state index >= 15 is 0 Å². The quantitative estimate of drug-likeness (QED) is 0.332. The highest BCUT2D eigenvalue weighted by atomic mass is 79.9. The number of nitrogens with one attached hydrogen (secondary N) is 2. The predicted molar refractivity (Wildman–Crippen MR) is 121 cm³/mol. The minimum atomic E-state index is -1.09. The molecule has 2 aromatic carbocycles. The first-order valence-electron chi connectivity index (χ1n) is 8.84. The number of carboxylic acid groups (broad SMARTS) is 1. The lowest BCUT2D eigenvalue weighted by atomic mass is 10.2. The van der Waals surface area contributed by atoms with Crippen molar-refractivity contribution in [2.75, 3.05) is 5.32 Å². The summed E-state index contributed by atoms with van der Waals surface area (Å²) >= 11 is 9.30. The van der Waals surface area contributed by atoms with Gasteiger partial charge < -0.3 is 15.0 Å². The van der Waals surface area contributed by atoms with Crippen LogP contribution < -0.4 is 10.7 Å². The second-order valence-corrected chi connectivity index (χ2v) is 7.79. The van der Waals surface area contributed by atoms with Crippen molar-refractivity contribution in [2.45, 2.75) is 13.8 Å². The Morgan fingerprint density at radius 3 is 2.50 bits per heavy atom. The van der Waals surface area contributed by atoms with E-state index in [4.69, 9.17) is 11.6 Å². The molecule has 0 fully saturated rings. The number of rotatable bonds is 5. The summed E-state index contributed by atoms with van der Waals surface area (Å²) < 4.78 is 2.81. The van der Waals surface area contributed by atoms with Gasteiger partial charge in [0.05, 0.1) is 16.8 Å². The van der Waals surface area contributed by atoms with E-state index in [1.807, 2.05) is 36.6 Å². The summed E-state index contributed by atoms with van der Waals surface area (Å²) in [6.45, 7) is 3.78. The van der Waals surface area contributed by atoms with Crippen LogP contribution in [0.2, 0.25) is 5.02 Å². The molecule has 2 amide bonds. The molecule has 0 atom stereocenters. The van der Waals surface area contributed by atoms with Gasteiger partial charge in [-0.2, -0.15) is 5.10 Å². The lowest BCUT2D eigenvalue weighted by molar-refractivity contribution is 0.0697. The van der Waals surface area contributed by atoms with Crippen LogP contribution in [-0.4, -0.2) is 27.9 Å². The molecule has 0 aliphatic rings. The van der Waals surface area contributed by atoms with E-state index in [9.17, 15) is 14.7 Å². The zero-order valence-corrected chi connectivity index (χ0v) is 18.5. The minimum Gasteiger partial charge on any atom is -0.478 e. The fourth-order valence-electron chi connectivity index (χ4n) is 2.98. The number of aromatic carboxylic acids is 1. The van der Waals surface area contributed by atoms with Crippen LogP contribution in [0.4, 0.5) is 10.5 Å². The molecular weight excluding hydrogens is 472 g/mol. The number of hydrogen-bond donors (Lipinski definition) is 3. The number of amides is 2. The van der Waals surface area contributed by atoms with Gasteiger partial charge in [0.15, 0.2) is 0 Å². The van der Waals surface area contributed by atoms with E-state index in [2.05, 4.69) is 31.8 Å². The average Bonchev–Trinajstić information content (AvgIpc) is 2.97. The van der Waals surface area contributed by atoms with E-state index in [1.165, 1.54) is 12.3 Å². The molecule has 7 nitrogen and oxygen atoms in total. The molecule has 0 saturated carbocycles. The van der Waals surface area contributed by atoms with Crippen molar-refractivity contribution in [3.8, 4) is 5.69 Å². The number of halogens is 2. The second kappa shape index (κ2) is 9.15. The lowest BCUT2D eigenvalue weighted by Crippen LogP contribution is -2.24. The van der Waals surface area contributed by atoms with Crippen molar-refractivity contribution in [3.63, 3.8) is 0 Å². The topological polar surface area (TPSA) is 95.7 Å². The van der Waals surface area contributed by atoms with E-state index < -0.39 is 12.0 Å². The van der Waals surface area contributed by atoms with Crippen molar-refractivity contribution in [1.29, 1.82) is 0 Å². The molecule has 30 heavy (non-hydrogen) atoms. The Hall–Kier alpha value is -3.10. The molecule has 9 heteroatoms. The highest BCUT2D eigenvalue weighted by molar-refractivity contribution is 9.10. The SMILES string of the molecule is Cc1cc(/C=N/NC(=O)Nc2ccc(Br)cc2)c(C)n1-c1ccc(Cl)c(C(=O)O)c1. The van der Waals surface area contributed by atoms with Gasteiger partial charge in [-0.15, -0.1) is 0 Å². The first kappa shape index (κ1) is 21.6. The van der Waals surface area contributed by atoms with Gasteiger partial charge in [-0.25, -0.2) is 15.0 Å². The maximum absolute atomic E-state index is 12.0. The van der Waals surface area contributed by atoms with Gasteiger partial charge in [0.25, 0.3) is 0 Å². The molecule has 1 heterocycles. The molecule has 0 unspecified atom stereocenters. The number of benzene rings is 2. The molecule has 3 rings (SSSR count). The smallest absolute Gasteiger partial charge is 0.339 e. The molecule has 0 bridgehead atoms. The van der Waals surface area contributed by atoms with Crippen molar-refractivity contribution in [2.24, 2.45) is 5.10 Å². The number of aryl methyl sites for hydroxylation is 1. The first-order chi connectivity index (χ1) is 14.3. The van der Waals surface area contributed by atoms with Crippen LogP contribution in [0.1, 0.15) is 27.3 Å². The van der Waals surface area contributed by atoms with Crippen LogP contribution in [0.25, 0.3) is 5.69 Å². The number of hydrogen-bond acceptors (Lipinski definition) is 3. The highest BCUT2D eigenvalue weighted by Gasteiger charge is 2.14. The second-order valence-electron chi connectivity index (χ2n) is 6.46. The molecule has 0 saturated heterocycles. The molecule has 0 spiro atoms. The number of carbonyl (C=O) groups is 2. The van der Waals surface area contributed by atoms with Crippen LogP contribution in [0.5, 0.6) is 0 Å². The Morgan fingerprint density at radius 1 is 1.13 bits per heavy atom. The number of anilines is 1. The number of hydrazone groups is 1. The fourth-order valence-corrected chi connectivity index (χ4v) is 3.45. The zero-order valence-electron chi connectivity index (χ0n) is 16.1. The van der Waals surface area contributed by atoms with Gasteiger partial charge in [-0.3, -0.25) is 0 Å². The van der Waals surface area contributed by atoms with Gasteiger partial charge in [0.1, 0.15) is 0 Å². The lowest BCUT2D eigenvalue weighted by Gasteiger charge is -2.11. The Labute approximate surface area is 186 Å². The third-order valence-corrected chi connectivity index (χ3v) is 5.24. The summed E-state index contributed by atoms with van der Waals surface area (Å²) in [4.78, 5) is 23.3. The first-order valence-corrected chi connectivity index (χ1v) is 10.0. The maximum atomic E-state index is 12.0. The van der Waals surface area contributed by atoms with Gasteiger partial charge in [-0.05, 0) is 62.4 Å². The van der Waals surface area contributed by atoms with Gasteiger partial charge >= 0.3 is 12.0 Å². The molecule has 0 aliphatic heterocycles. The molecule has 3 N–H and O–H groups in total. The van der Waals surface area contributed by atoms with Crippen LogP contribution in [0, 0.1) is 13.8 Å². The van der Waals surface area contributed by atoms with Crippen molar-refractivity contribution in [3.05, 3.63) is 80.5 Å². The number of carbonyl (C=O) groups excluding carboxylic acids is 1. The molecule has 0 aliphatic carbocycles. The average molecular weight is 490 g/mol. The highest BCUT2D eigenvalue weighted by Crippen LogP contribution is 2.24. The van der Waals surface area contributed by atoms with Crippen LogP contribution in [0.3, 0.4) is 0 Å². The third-order valence-electron chi connectivity index (χ3n) is 4.38. The zero-order chi connectivity index (χ0) is 21.8. The molecule has 0 radical (unpaired) electrons. The van der Waals surface area contributed by atoms with Crippen LogP contribution in [0.15, 0.2) is 58.1 Å². The fraction of sp³-hybridized carbons (Fsp3) is 0.0952. The Morgan fingerprint density at radius 2 is 1.83 bits per heavy atom. The summed E-state index contributed by atoms with van der Waals surface area (Å²) in [7, 11) is 0. The normalized spacial score (nSPS) is 10.9. The van der Waals surface area contributed by atoms with Crippen molar-refractivity contribution < 1.29 is 14.7 Å². The summed E-state index contributed by atoms with van der Waals surface area (Å²) in [5, 5.41) is 16.2. The van der Waals surface area contributed by atoms with Gasteiger partial charge in [-0.1, -0.05) is 27.5 Å². The summed E-state index contributed by atoms with van der Waals surface area (Å²) in [6.07, 6.45) is 1.54. The standard InChI is InChI=1S/C21H18BrClN4O3/c1-12-9-14(11-24-26-21(30)25-16-5-3-15(22)4-6-16)13(2)27(12)17-7-8-19(23)18(10-17)20(28)29/h3-11H,1-2H3,(H,28,29)(H2,25,26,30)/b24-11+. The molecule has 1 aromatic heterocycles. The number of urea groups is 1. The summed E-state index contributed by atoms with van der Waals surface area (Å²) in [5.41, 5.74) is 6.27. The van der Waals surface area contributed by atoms with Crippen molar-refractivity contribution >= 4 is 51.4 Å². The monoisotopic (exact) mass is 488 g/mol. The van der Waals surface area contributed by atoms with E-state index in [0.717, 1.165) is 21.4 Å². The molecule has 154 valence electrons. The molecular formula is C21H18BrClN4O3. The number of carboxylic acids is 1. The Kier molecular flexibility index (Phi) is 6.59. The van der Waals surface area contributed by atoms with E-state index in [0.29, 0.717) is 11.4 Å². The maximum Gasteiger partial charge on any atom is 0.339 e. The van der Waals surface area contributed by atoms with E-state index in [-0.39, 0.29) is 10.6 Å². The molecule has 3 aromatic rings. The minimum absolute atomic E-state index is 0.0307. The summed E-state index contributed by atoms with van der Waals surface area (Å²) in [5.74, 6) is -1.09. The predicted octanol–water partition coefficient (Wildman–Crippen LogP) is 5.36.